The zero-order chi connectivity index (χ0) is 14.5. The van der Waals surface area contributed by atoms with Crippen molar-refractivity contribution in [3.63, 3.8) is 0 Å². The molecule has 8 heteroatoms. The molecule has 1 aromatic carbocycles. The van der Waals surface area contributed by atoms with Crippen LogP contribution in [0.1, 0.15) is 19.8 Å². The summed E-state index contributed by atoms with van der Waals surface area (Å²) in [5.41, 5.74) is 0. The minimum Gasteiger partial charge on any atom is -0.744 e. The van der Waals surface area contributed by atoms with E-state index in [1.807, 2.05) is 6.92 Å². The molecule has 0 heterocycles. The third-order valence-corrected chi connectivity index (χ3v) is 3.34. The predicted octanol–water partition coefficient (Wildman–Crippen LogP) is -1.21. The predicted molar refractivity (Wildman–Crippen MR) is 67.9 cm³/mol. The second-order valence-corrected chi connectivity index (χ2v) is 5.13. The zero-order valence-electron chi connectivity index (χ0n) is 12.1. The van der Waals surface area contributed by atoms with Gasteiger partial charge in [0.15, 0.2) is 11.5 Å². The average molecular weight is 312 g/mol. The summed E-state index contributed by atoms with van der Waals surface area (Å²) in [7, 11) is -1.94. The first kappa shape index (κ1) is 19.5. The fourth-order valence-electron chi connectivity index (χ4n) is 1.53. The van der Waals surface area contributed by atoms with E-state index in [0.29, 0.717) is 12.4 Å². The molecule has 0 saturated carbocycles. The first-order valence-electron chi connectivity index (χ1n) is 5.79. The molecule has 0 amide bonds. The van der Waals surface area contributed by atoms with Crippen molar-refractivity contribution in [2.24, 2.45) is 0 Å². The van der Waals surface area contributed by atoms with Crippen LogP contribution >= 0.6 is 0 Å². The molecular weight excluding hydrogens is 295 g/mol. The van der Waals surface area contributed by atoms with Crippen molar-refractivity contribution in [3.8, 4) is 17.2 Å². The van der Waals surface area contributed by atoms with Crippen molar-refractivity contribution in [2.75, 3.05) is 20.8 Å². The van der Waals surface area contributed by atoms with Crippen LogP contribution in [0.5, 0.6) is 17.2 Å². The summed E-state index contributed by atoms with van der Waals surface area (Å²) < 4.78 is 49.0. The summed E-state index contributed by atoms with van der Waals surface area (Å²) in [5.74, 6) is 0.334. The van der Waals surface area contributed by atoms with Crippen molar-refractivity contribution in [2.45, 2.75) is 24.7 Å². The molecule has 0 fully saturated rings. The number of benzene rings is 1. The molecule has 0 bridgehead atoms. The Labute approximate surface area is 141 Å². The first-order valence-corrected chi connectivity index (χ1v) is 7.20. The third kappa shape index (κ3) is 4.82. The fraction of sp³-hybridized carbons (Fsp3) is 0.500. The van der Waals surface area contributed by atoms with E-state index >= 15 is 0 Å². The maximum Gasteiger partial charge on any atom is 1.00 e. The Kier molecular flexibility index (Phi) is 8.53. The van der Waals surface area contributed by atoms with Crippen LogP contribution in [0.4, 0.5) is 0 Å². The molecule has 0 unspecified atom stereocenters. The first-order chi connectivity index (χ1) is 8.95. The zero-order valence-corrected chi connectivity index (χ0v) is 15.0. The maximum atomic E-state index is 11.2. The standard InChI is InChI=1S/C12H18O6S.Na/c1-4-5-8-18-11-9(16-2)6-7-10(12(11)17-3)19(13,14)15;/h6-7H,4-5,8H2,1-3H3,(H,13,14,15);/q;+1/p-1. The van der Waals surface area contributed by atoms with Crippen molar-refractivity contribution < 1.29 is 56.7 Å². The van der Waals surface area contributed by atoms with Gasteiger partial charge in [0, 0.05) is 0 Å². The van der Waals surface area contributed by atoms with Gasteiger partial charge in [-0.25, -0.2) is 8.42 Å². The van der Waals surface area contributed by atoms with Crippen LogP contribution in [0.25, 0.3) is 0 Å². The Balaban J connectivity index is 0.00000361. The van der Waals surface area contributed by atoms with Gasteiger partial charge < -0.3 is 18.8 Å². The summed E-state index contributed by atoms with van der Waals surface area (Å²) in [6.45, 7) is 2.38. The van der Waals surface area contributed by atoms with Crippen LogP contribution < -0.4 is 43.8 Å². The monoisotopic (exact) mass is 312 g/mol. The molecule has 0 saturated heterocycles. The van der Waals surface area contributed by atoms with E-state index in [-0.39, 0.29) is 41.1 Å². The topological polar surface area (TPSA) is 84.9 Å². The minimum absolute atomic E-state index is 0. The minimum atomic E-state index is -4.63. The van der Waals surface area contributed by atoms with Crippen LogP contribution in [0, 0.1) is 0 Å². The smallest absolute Gasteiger partial charge is 0.744 e. The summed E-state index contributed by atoms with van der Waals surface area (Å²) >= 11 is 0. The molecule has 0 aliphatic rings. The van der Waals surface area contributed by atoms with Gasteiger partial charge in [0.1, 0.15) is 15.0 Å². The number of unbranched alkanes of at least 4 members (excludes halogenated alkanes) is 1. The van der Waals surface area contributed by atoms with E-state index < -0.39 is 15.0 Å². The van der Waals surface area contributed by atoms with E-state index in [4.69, 9.17) is 14.2 Å². The van der Waals surface area contributed by atoms with Crippen LogP contribution in [-0.2, 0) is 10.1 Å². The van der Waals surface area contributed by atoms with Gasteiger partial charge in [-0.3, -0.25) is 0 Å². The number of rotatable bonds is 7. The Bertz CT molecular complexity index is 529. The molecule has 0 atom stereocenters. The number of hydrogen-bond acceptors (Lipinski definition) is 6. The molecule has 1 aromatic rings. The van der Waals surface area contributed by atoms with Crippen molar-refractivity contribution in [1.82, 2.24) is 0 Å². The van der Waals surface area contributed by atoms with Gasteiger partial charge in [-0.05, 0) is 18.6 Å². The van der Waals surface area contributed by atoms with Gasteiger partial charge in [0.2, 0.25) is 5.75 Å². The Morgan fingerprint density at radius 1 is 1.15 bits per heavy atom. The van der Waals surface area contributed by atoms with Gasteiger partial charge in [0.05, 0.1) is 20.8 Å². The summed E-state index contributed by atoms with van der Waals surface area (Å²) in [4.78, 5) is -0.456. The number of methoxy groups -OCH3 is 2. The van der Waals surface area contributed by atoms with Crippen molar-refractivity contribution >= 4 is 10.1 Å². The molecule has 6 nitrogen and oxygen atoms in total. The third-order valence-electron chi connectivity index (χ3n) is 2.48. The maximum absolute atomic E-state index is 11.2. The summed E-state index contributed by atoms with van der Waals surface area (Å²) in [6, 6.07) is 2.52. The average Bonchev–Trinajstić information content (AvgIpc) is 2.37. The molecular formula is C12H17NaO6S. The Morgan fingerprint density at radius 3 is 2.25 bits per heavy atom. The van der Waals surface area contributed by atoms with Crippen LogP contribution in [-0.4, -0.2) is 33.8 Å². The molecule has 1 rings (SSSR count). The quantitative estimate of drug-likeness (QED) is 0.357. The second kappa shape index (κ2) is 8.74. The molecule has 0 aromatic heterocycles. The summed E-state index contributed by atoms with van der Waals surface area (Å²) in [5, 5.41) is 0. The van der Waals surface area contributed by atoms with Gasteiger partial charge in [-0.2, -0.15) is 0 Å². The number of hydrogen-bond donors (Lipinski definition) is 0. The molecule has 20 heavy (non-hydrogen) atoms. The molecule has 0 spiro atoms. The molecule has 0 aliphatic carbocycles. The Morgan fingerprint density at radius 2 is 1.80 bits per heavy atom. The van der Waals surface area contributed by atoms with Crippen LogP contribution in [0.3, 0.4) is 0 Å². The molecule has 0 radical (unpaired) electrons. The van der Waals surface area contributed by atoms with E-state index in [9.17, 15) is 13.0 Å². The summed E-state index contributed by atoms with van der Waals surface area (Å²) in [6.07, 6.45) is 1.71. The van der Waals surface area contributed by atoms with Crippen molar-refractivity contribution in [3.05, 3.63) is 12.1 Å². The van der Waals surface area contributed by atoms with Gasteiger partial charge in [-0.1, -0.05) is 13.3 Å². The molecule has 0 aliphatic heterocycles. The van der Waals surface area contributed by atoms with Crippen molar-refractivity contribution in [1.29, 1.82) is 0 Å². The second-order valence-electron chi connectivity index (χ2n) is 3.78. The van der Waals surface area contributed by atoms with Gasteiger partial charge in [0.25, 0.3) is 0 Å². The van der Waals surface area contributed by atoms with E-state index in [1.54, 1.807) is 0 Å². The normalized spacial score (nSPS) is 10.6. The van der Waals surface area contributed by atoms with Crippen LogP contribution in [0.2, 0.25) is 0 Å². The molecule has 0 N–H and O–H groups in total. The fourth-order valence-corrected chi connectivity index (χ4v) is 2.17. The number of ether oxygens (including phenoxy) is 3. The van der Waals surface area contributed by atoms with Gasteiger partial charge in [-0.15, -0.1) is 0 Å². The van der Waals surface area contributed by atoms with E-state index in [0.717, 1.165) is 18.9 Å². The Hall–Kier alpha value is -0.470. The van der Waals surface area contributed by atoms with E-state index in [1.165, 1.54) is 20.3 Å². The largest absolute Gasteiger partial charge is 1.00 e. The van der Waals surface area contributed by atoms with Crippen LogP contribution in [0.15, 0.2) is 17.0 Å². The molecule has 108 valence electrons. The van der Waals surface area contributed by atoms with E-state index in [2.05, 4.69) is 0 Å². The SMILES string of the molecule is CCCCOc1c(OC)ccc(S(=O)(=O)[O-])c1OC.[Na+]. The van der Waals surface area contributed by atoms with Gasteiger partial charge >= 0.3 is 29.6 Å².